The van der Waals surface area contributed by atoms with Crippen LogP contribution in [0.1, 0.15) is 11.3 Å². The number of hydrogen-bond acceptors (Lipinski definition) is 8. The molecule has 0 aliphatic heterocycles. The Balaban J connectivity index is 1.86. The van der Waals surface area contributed by atoms with Gasteiger partial charge in [0.1, 0.15) is 16.9 Å². The molecule has 14 heteroatoms. The molecular formula is C19H14F4N6O3S. The van der Waals surface area contributed by atoms with Crippen LogP contribution < -0.4 is 5.32 Å². The van der Waals surface area contributed by atoms with E-state index in [0.717, 1.165) is 24.6 Å². The van der Waals surface area contributed by atoms with Gasteiger partial charge in [-0.1, -0.05) is 6.07 Å². The zero-order chi connectivity index (χ0) is 23.8. The molecule has 0 fully saturated rings. The molecule has 1 N–H and O–H groups in total. The Labute approximate surface area is 184 Å². The van der Waals surface area contributed by atoms with E-state index in [1.165, 1.54) is 35.1 Å². The number of nitrogens with zero attached hydrogens (tertiary/aromatic N) is 5. The molecule has 0 saturated heterocycles. The van der Waals surface area contributed by atoms with Gasteiger partial charge in [0.2, 0.25) is 5.82 Å². The highest BCUT2D eigenvalue weighted by Gasteiger charge is 2.32. The number of rotatable bonds is 6. The van der Waals surface area contributed by atoms with Crippen molar-refractivity contribution in [2.45, 2.75) is 12.8 Å². The normalized spacial score (nSPS) is 12.3. The molecule has 0 saturated carbocycles. The Bertz CT molecular complexity index is 1440. The average molecular weight is 482 g/mol. The first-order valence-corrected chi connectivity index (χ1v) is 11.0. The van der Waals surface area contributed by atoms with Gasteiger partial charge in [0, 0.05) is 18.0 Å². The predicted octanol–water partition coefficient (Wildman–Crippen LogP) is 3.56. The molecule has 0 bridgehead atoms. The second kappa shape index (κ2) is 8.37. The number of anilines is 2. The summed E-state index contributed by atoms with van der Waals surface area (Å²) in [6, 6.07) is 6.09. The molecule has 4 heterocycles. The predicted molar refractivity (Wildman–Crippen MR) is 108 cm³/mol. The Morgan fingerprint density at radius 3 is 2.64 bits per heavy atom. The number of halogens is 4. The summed E-state index contributed by atoms with van der Waals surface area (Å²) < 4.78 is 82.4. The lowest BCUT2D eigenvalue weighted by atomic mass is 10.2. The first kappa shape index (κ1) is 22.5. The Kier molecular flexibility index (Phi) is 5.71. The van der Waals surface area contributed by atoms with Crippen LogP contribution in [0.25, 0.3) is 17.0 Å². The number of fused-ring (bicyclic) bond motifs is 1. The maximum Gasteiger partial charge on any atom is 0.433 e. The molecule has 0 spiro atoms. The summed E-state index contributed by atoms with van der Waals surface area (Å²) in [6.07, 6.45) is -0.0778. The van der Waals surface area contributed by atoms with Gasteiger partial charge in [-0.25, -0.2) is 18.9 Å². The van der Waals surface area contributed by atoms with Crippen molar-refractivity contribution < 1.29 is 30.2 Å². The van der Waals surface area contributed by atoms with E-state index in [1.807, 2.05) is 0 Å². The lowest BCUT2D eigenvalue weighted by Gasteiger charge is -2.12. The van der Waals surface area contributed by atoms with E-state index in [4.69, 9.17) is 4.18 Å². The van der Waals surface area contributed by atoms with Gasteiger partial charge in [-0.05, 0) is 24.3 Å². The third-order valence-electron chi connectivity index (χ3n) is 4.32. The molecule has 0 atom stereocenters. The van der Waals surface area contributed by atoms with Crippen LogP contribution in [-0.4, -0.2) is 39.2 Å². The van der Waals surface area contributed by atoms with Gasteiger partial charge < -0.3 is 5.32 Å². The third-order valence-corrected chi connectivity index (χ3v) is 4.86. The maximum atomic E-state index is 14.2. The van der Waals surface area contributed by atoms with Crippen molar-refractivity contribution in [2.75, 3.05) is 11.6 Å². The van der Waals surface area contributed by atoms with Crippen LogP contribution in [-0.2, 0) is 27.1 Å². The minimum atomic E-state index is -4.68. The second-order valence-electron chi connectivity index (χ2n) is 6.77. The highest BCUT2D eigenvalue weighted by atomic mass is 32.2. The topological polar surface area (TPSA) is 111 Å². The fourth-order valence-corrected chi connectivity index (χ4v) is 3.23. The second-order valence-corrected chi connectivity index (χ2v) is 8.41. The van der Waals surface area contributed by atoms with Gasteiger partial charge in [0.15, 0.2) is 11.6 Å². The molecule has 4 rings (SSSR count). The number of nitrogens with one attached hydrogen (secondary N) is 1. The first-order valence-electron chi connectivity index (χ1n) is 9.15. The van der Waals surface area contributed by atoms with Crippen molar-refractivity contribution in [3.05, 3.63) is 66.0 Å². The summed E-state index contributed by atoms with van der Waals surface area (Å²) in [6.45, 7) is -0.368. The van der Waals surface area contributed by atoms with Gasteiger partial charge in [-0.3, -0.25) is 9.17 Å². The van der Waals surface area contributed by atoms with Crippen LogP contribution in [0, 0.1) is 5.82 Å². The highest BCUT2D eigenvalue weighted by molar-refractivity contribution is 7.85. The summed E-state index contributed by atoms with van der Waals surface area (Å²) in [4.78, 5) is 11.5. The van der Waals surface area contributed by atoms with Gasteiger partial charge in [0.05, 0.1) is 24.7 Å². The van der Waals surface area contributed by atoms with Crippen LogP contribution in [0.5, 0.6) is 0 Å². The molecular weight excluding hydrogens is 468 g/mol. The fourth-order valence-electron chi connectivity index (χ4n) is 2.89. The Morgan fingerprint density at radius 1 is 1.15 bits per heavy atom. The van der Waals surface area contributed by atoms with Crippen LogP contribution in [0.2, 0.25) is 0 Å². The summed E-state index contributed by atoms with van der Waals surface area (Å²) in [7, 11) is -3.77. The third kappa shape index (κ3) is 5.06. The standard InChI is InChI=1S/C19H14F4N6O3S/c1-33(30,31)32-10-11-6-8-29-16(11)18(26-13-5-7-24-9-12(13)20)27-17(28-29)14-3-2-4-15(25-14)19(21,22)23/h2-9H,10H2,1H3,(H,24,26,27,28). The fraction of sp³-hybridized carbons (Fsp3) is 0.158. The molecule has 0 unspecified atom stereocenters. The van der Waals surface area contributed by atoms with E-state index in [9.17, 15) is 26.0 Å². The molecule has 9 nitrogen and oxygen atoms in total. The van der Waals surface area contributed by atoms with Crippen LogP contribution in [0.4, 0.5) is 29.1 Å². The molecule has 0 aliphatic carbocycles. The smallest absolute Gasteiger partial charge is 0.336 e. The minimum absolute atomic E-state index is 0.0126. The summed E-state index contributed by atoms with van der Waals surface area (Å²) in [5, 5.41) is 6.93. The van der Waals surface area contributed by atoms with Crippen molar-refractivity contribution in [1.82, 2.24) is 24.6 Å². The molecule has 0 amide bonds. The molecule has 4 aromatic rings. The van der Waals surface area contributed by atoms with Crippen molar-refractivity contribution in [3.8, 4) is 11.5 Å². The van der Waals surface area contributed by atoms with Crippen molar-refractivity contribution >= 4 is 27.1 Å². The molecule has 0 radical (unpaired) electrons. The SMILES string of the molecule is CS(=O)(=O)OCc1ccn2nc(-c3cccc(C(F)(F)F)n3)nc(Nc3ccncc3F)c12. The van der Waals surface area contributed by atoms with Gasteiger partial charge in [0.25, 0.3) is 10.1 Å². The Hall–Kier alpha value is -3.65. The molecule has 0 aliphatic rings. The molecule has 4 aromatic heterocycles. The monoisotopic (exact) mass is 482 g/mol. The van der Waals surface area contributed by atoms with Gasteiger partial charge in [-0.2, -0.15) is 21.6 Å². The van der Waals surface area contributed by atoms with E-state index >= 15 is 0 Å². The van der Waals surface area contributed by atoms with Crippen LogP contribution >= 0.6 is 0 Å². The largest absolute Gasteiger partial charge is 0.433 e. The van der Waals surface area contributed by atoms with Crippen LogP contribution in [0.15, 0.2) is 48.9 Å². The summed E-state index contributed by atoms with van der Waals surface area (Å²) >= 11 is 0. The minimum Gasteiger partial charge on any atom is -0.336 e. The zero-order valence-electron chi connectivity index (χ0n) is 16.7. The highest BCUT2D eigenvalue weighted by Crippen LogP contribution is 2.30. The molecule has 0 aromatic carbocycles. The average Bonchev–Trinajstić information content (AvgIpc) is 3.16. The van der Waals surface area contributed by atoms with Crippen molar-refractivity contribution in [1.29, 1.82) is 0 Å². The quantitative estimate of drug-likeness (QED) is 0.328. The van der Waals surface area contributed by atoms with E-state index in [-0.39, 0.29) is 35.1 Å². The zero-order valence-corrected chi connectivity index (χ0v) is 17.5. The number of aromatic nitrogens is 5. The van der Waals surface area contributed by atoms with Crippen LogP contribution in [0.3, 0.4) is 0 Å². The lowest BCUT2D eigenvalue weighted by Crippen LogP contribution is -2.10. The molecule has 33 heavy (non-hydrogen) atoms. The van der Waals surface area contributed by atoms with E-state index in [2.05, 4.69) is 25.4 Å². The number of pyridine rings is 2. The van der Waals surface area contributed by atoms with E-state index < -0.39 is 27.8 Å². The van der Waals surface area contributed by atoms with E-state index in [0.29, 0.717) is 5.56 Å². The van der Waals surface area contributed by atoms with Crippen molar-refractivity contribution in [3.63, 3.8) is 0 Å². The van der Waals surface area contributed by atoms with Gasteiger partial charge >= 0.3 is 6.18 Å². The maximum absolute atomic E-state index is 14.2. The lowest BCUT2D eigenvalue weighted by molar-refractivity contribution is -0.141. The first-order chi connectivity index (χ1) is 15.5. The number of hydrogen-bond donors (Lipinski definition) is 1. The molecule has 172 valence electrons. The number of alkyl halides is 3. The summed E-state index contributed by atoms with van der Waals surface area (Å²) in [5.74, 6) is -0.911. The van der Waals surface area contributed by atoms with E-state index in [1.54, 1.807) is 0 Å². The summed E-state index contributed by atoms with van der Waals surface area (Å²) in [5.41, 5.74) is -0.767. The van der Waals surface area contributed by atoms with Gasteiger partial charge in [-0.15, -0.1) is 5.10 Å². The Morgan fingerprint density at radius 2 is 1.94 bits per heavy atom. The van der Waals surface area contributed by atoms with Crippen molar-refractivity contribution in [2.24, 2.45) is 0 Å².